The maximum atomic E-state index is 13.4. The first-order valence-electron chi connectivity index (χ1n) is 10.3. The molecular weight excluding hydrogens is 473 g/mol. The van der Waals surface area contributed by atoms with Crippen LogP contribution in [-0.4, -0.2) is 28.5 Å². The molecule has 34 heavy (non-hydrogen) atoms. The summed E-state index contributed by atoms with van der Waals surface area (Å²) < 4.78 is 51.3. The van der Waals surface area contributed by atoms with Gasteiger partial charge in [-0.15, -0.1) is 0 Å². The summed E-state index contributed by atoms with van der Waals surface area (Å²) in [5.74, 6) is -3.09. The summed E-state index contributed by atoms with van der Waals surface area (Å²) in [4.78, 5) is 32.6. The van der Waals surface area contributed by atoms with Crippen LogP contribution in [0, 0.1) is 0 Å². The number of benzene rings is 1. The number of thiol groups is 1. The number of anilines is 1. The standard InChI is InChI=1S/C22H21F3N4O4S/c1-2-3-7-12-32-16-11-10-15(13-26-16)29(34)21(31)28-19(30)17-18(22(23,24)25)33-20(27-17)14-8-5-4-6-9-14/h4-6,8-11,13,34H,2-3,7,12H2,1H3,(H,28,30,31). The predicted molar refractivity (Wildman–Crippen MR) is 121 cm³/mol. The van der Waals surface area contributed by atoms with Crippen molar-refractivity contribution in [2.75, 3.05) is 10.9 Å². The number of hydrogen-bond acceptors (Lipinski definition) is 7. The highest BCUT2D eigenvalue weighted by Gasteiger charge is 2.42. The number of unbranched alkanes of at least 4 members (excludes halogenated alkanes) is 2. The maximum absolute atomic E-state index is 13.4. The number of ether oxygens (including phenoxy) is 1. The lowest BCUT2D eigenvalue weighted by atomic mass is 10.2. The minimum atomic E-state index is -5.01. The number of nitrogens with one attached hydrogen (secondary N) is 1. The molecule has 8 nitrogen and oxygen atoms in total. The van der Waals surface area contributed by atoms with Crippen molar-refractivity contribution in [3.8, 4) is 17.3 Å². The molecule has 2 heterocycles. The third-order valence-electron chi connectivity index (χ3n) is 4.50. The van der Waals surface area contributed by atoms with Gasteiger partial charge in [-0.1, -0.05) is 50.8 Å². The molecule has 0 radical (unpaired) electrons. The van der Waals surface area contributed by atoms with Gasteiger partial charge in [0.05, 0.1) is 18.5 Å². The fourth-order valence-electron chi connectivity index (χ4n) is 2.81. The van der Waals surface area contributed by atoms with Crippen LogP contribution >= 0.6 is 12.8 Å². The van der Waals surface area contributed by atoms with Crippen molar-refractivity contribution in [1.29, 1.82) is 0 Å². The van der Waals surface area contributed by atoms with E-state index in [4.69, 9.17) is 9.15 Å². The summed E-state index contributed by atoms with van der Waals surface area (Å²) in [7, 11) is 0. The number of nitrogens with zero attached hydrogens (tertiary/aromatic N) is 3. The zero-order valence-electron chi connectivity index (χ0n) is 18.0. The highest BCUT2D eigenvalue weighted by Crippen LogP contribution is 2.35. The van der Waals surface area contributed by atoms with E-state index in [0.29, 0.717) is 12.5 Å². The number of urea groups is 1. The minimum Gasteiger partial charge on any atom is -0.478 e. The molecule has 0 atom stereocenters. The van der Waals surface area contributed by atoms with E-state index in [9.17, 15) is 22.8 Å². The Morgan fingerprint density at radius 1 is 1.15 bits per heavy atom. The molecule has 1 N–H and O–H groups in total. The first kappa shape index (κ1) is 25.1. The Hall–Kier alpha value is -3.54. The van der Waals surface area contributed by atoms with Crippen LogP contribution in [0.25, 0.3) is 11.5 Å². The number of hydrogen-bond donors (Lipinski definition) is 2. The molecule has 3 rings (SSSR count). The Balaban J connectivity index is 1.71. The molecule has 0 aliphatic rings. The molecule has 3 amide bonds. The first-order chi connectivity index (χ1) is 16.2. The van der Waals surface area contributed by atoms with E-state index in [1.807, 2.05) is 5.32 Å². The number of oxazole rings is 1. The fraction of sp³-hybridized carbons (Fsp3) is 0.273. The molecule has 0 aliphatic carbocycles. The van der Waals surface area contributed by atoms with Gasteiger partial charge in [0.2, 0.25) is 17.5 Å². The predicted octanol–water partition coefficient (Wildman–Crippen LogP) is 5.53. The van der Waals surface area contributed by atoms with E-state index in [-0.39, 0.29) is 11.3 Å². The topological polar surface area (TPSA) is 97.6 Å². The van der Waals surface area contributed by atoms with Crippen LogP contribution in [0.1, 0.15) is 42.4 Å². The van der Waals surface area contributed by atoms with Gasteiger partial charge in [0.1, 0.15) is 0 Å². The minimum absolute atomic E-state index is 0.163. The molecule has 1 aromatic carbocycles. The first-order valence-corrected chi connectivity index (χ1v) is 10.7. The van der Waals surface area contributed by atoms with E-state index in [2.05, 4.69) is 29.7 Å². The Kier molecular flexibility index (Phi) is 8.16. The van der Waals surface area contributed by atoms with Gasteiger partial charge in [0.25, 0.3) is 5.91 Å². The Labute approximate surface area is 198 Å². The molecule has 0 unspecified atom stereocenters. The third kappa shape index (κ3) is 6.28. The molecule has 0 saturated heterocycles. The van der Waals surface area contributed by atoms with Crippen molar-refractivity contribution in [2.45, 2.75) is 32.4 Å². The lowest BCUT2D eigenvalue weighted by Gasteiger charge is -2.15. The van der Waals surface area contributed by atoms with E-state index in [1.165, 1.54) is 30.5 Å². The van der Waals surface area contributed by atoms with Gasteiger partial charge in [-0.3, -0.25) is 10.1 Å². The smallest absolute Gasteiger partial charge is 0.452 e. The molecule has 0 bridgehead atoms. The third-order valence-corrected chi connectivity index (χ3v) is 4.91. The number of pyridine rings is 1. The number of aromatic nitrogens is 2. The SMILES string of the molecule is CCCCCOc1ccc(N(S)C(=O)NC(=O)c2nc(-c3ccccc3)oc2C(F)(F)F)cn1. The molecule has 12 heteroatoms. The van der Waals surface area contributed by atoms with Crippen LogP contribution in [0.3, 0.4) is 0 Å². The second-order valence-corrected chi connectivity index (χ2v) is 7.44. The van der Waals surface area contributed by atoms with Gasteiger partial charge in [-0.25, -0.2) is 19.1 Å². The van der Waals surface area contributed by atoms with Gasteiger partial charge in [-0.2, -0.15) is 13.2 Å². The van der Waals surface area contributed by atoms with Crippen molar-refractivity contribution in [1.82, 2.24) is 15.3 Å². The zero-order valence-corrected chi connectivity index (χ0v) is 18.9. The van der Waals surface area contributed by atoms with Crippen LogP contribution in [0.2, 0.25) is 0 Å². The Bertz CT molecular complexity index is 1120. The maximum Gasteiger partial charge on any atom is 0.452 e. The zero-order chi connectivity index (χ0) is 24.7. The van der Waals surface area contributed by atoms with Gasteiger partial charge >= 0.3 is 12.2 Å². The summed E-state index contributed by atoms with van der Waals surface area (Å²) in [5, 5.41) is 1.82. The van der Waals surface area contributed by atoms with Crippen LogP contribution < -0.4 is 14.4 Å². The molecule has 0 saturated carbocycles. The average molecular weight is 494 g/mol. The molecule has 180 valence electrons. The molecule has 0 fully saturated rings. The van der Waals surface area contributed by atoms with Crippen LogP contribution in [0.5, 0.6) is 5.88 Å². The summed E-state index contributed by atoms with van der Waals surface area (Å²) in [6, 6.07) is 9.61. The summed E-state index contributed by atoms with van der Waals surface area (Å²) in [6.45, 7) is 2.56. The second kappa shape index (κ2) is 11.1. The number of carbonyl (C=O) groups excluding carboxylic acids is 2. The number of amides is 3. The normalized spacial score (nSPS) is 11.2. The van der Waals surface area contributed by atoms with Crippen LogP contribution in [0.15, 0.2) is 53.1 Å². The second-order valence-electron chi connectivity index (χ2n) is 7.04. The number of carbonyl (C=O) groups is 2. The highest BCUT2D eigenvalue weighted by atomic mass is 32.1. The number of rotatable bonds is 8. The van der Waals surface area contributed by atoms with Gasteiger partial charge in [0, 0.05) is 11.6 Å². The number of alkyl halides is 3. The van der Waals surface area contributed by atoms with E-state index >= 15 is 0 Å². The highest BCUT2D eigenvalue weighted by molar-refractivity contribution is 7.82. The lowest BCUT2D eigenvalue weighted by molar-refractivity contribution is -0.153. The van der Waals surface area contributed by atoms with Gasteiger partial charge in [0.15, 0.2) is 5.69 Å². The van der Waals surface area contributed by atoms with Crippen LogP contribution in [0.4, 0.5) is 23.7 Å². The number of imide groups is 1. The van der Waals surface area contributed by atoms with Gasteiger partial charge in [-0.05, 0) is 24.6 Å². The van der Waals surface area contributed by atoms with E-state index in [1.54, 1.807) is 18.2 Å². The van der Waals surface area contributed by atoms with Crippen molar-refractivity contribution in [3.05, 3.63) is 60.1 Å². The fourth-order valence-corrected chi connectivity index (χ4v) is 2.98. The van der Waals surface area contributed by atoms with Crippen molar-refractivity contribution >= 4 is 30.4 Å². The molecule has 2 aromatic heterocycles. The Morgan fingerprint density at radius 2 is 1.88 bits per heavy atom. The summed E-state index contributed by atoms with van der Waals surface area (Å²) in [5.41, 5.74) is -0.677. The van der Waals surface area contributed by atoms with Crippen LogP contribution in [-0.2, 0) is 6.18 Å². The monoisotopic (exact) mass is 494 g/mol. The van der Waals surface area contributed by atoms with Crippen molar-refractivity contribution in [3.63, 3.8) is 0 Å². The Morgan fingerprint density at radius 3 is 2.50 bits per heavy atom. The van der Waals surface area contributed by atoms with Crippen molar-refractivity contribution < 1.29 is 31.9 Å². The van der Waals surface area contributed by atoms with Crippen molar-refractivity contribution in [2.24, 2.45) is 0 Å². The summed E-state index contributed by atoms with van der Waals surface area (Å²) in [6.07, 6.45) is -0.795. The molecule has 0 spiro atoms. The van der Waals surface area contributed by atoms with E-state index in [0.717, 1.165) is 23.6 Å². The lowest BCUT2D eigenvalue weighted by Crippen LogP contribution is -2.39. The van der Waals surface area contributed by atoms with E-state index < -0.39 is 35.5 Å². The average Bonchev–Trinajstić information content (AvgIpc) is 3.29. The number of halogens is 3. The molecular formula is C22H21F3N4O4S. The van der Waals surface area contributed by atoms with Gasteiger partial charge < -0.3 is 9.15 Å². The summed E-state index contributed by atoms with van der Waals surface area (Å²) >= 11 is 4.00. The molecule has 3 aromatic rings. The quantitative estimate of drug-likeness (QED) is 0.316. The molecule has 0 aliphatic heterocycles. The largest absolute Gasteiger partial charge is 0.478 e.